The maximum atomic E-state index is 2.20. The van der Waals surface area contributed by atoms with Crippen LogP contribution < -0.4 is 0 Å². The second kappa shape index (κ2) is 7.05. The molecular weight excluding hydrogens is 180 g/mol. The van der Waals surface area contributed by atoms with Gasteiger partial charge >= 0.3 is 0 Å². The number of fused-ring (bicyclic) bond motifs is 1. The van der Waals surface area contributed by atoms with Gasteiger partial charge in [-0.25, -0.2) is 0 Å². The van der Waals surface area contributed by atoms with Gasteiger partial charge < -0.3 is 0 Å². The highest BCUT2D eigenvalue weighted by molar-refractivity contribution is 5.85. The minimum absolute atomic E-state index is 0. The van der Waals surface area contributed by atoms with Crippen molar-refractivity contribution in [3.05, 3.63) is 48.0 Å². The smallest absolute Gasteiger partial charge is 0.0152 e. The first-order valence-corrected chi connectivity index (χ1v) is 5.38. The average Bonchev–Trinajstić information content (AvgIpc) is 2.31. The molecule has 2 aromatic rings. The lowest BCUT2D eigenvalue weighted by Gasteiger charge is -2.02. The van der Waals surface area contributed by atoms with Crippen LogP contribution in [0.2, 0.25) is 0 Å². The molecular formula is C15H22. The van der Waals surface area contributed by atoms with E-state index in [-0.39, 0.29) is 7.43 Å². The molecule has 0 amide bonds. The summed E-state index contributed by atoms with van der Waals surface area (Å²) >= 11 is 0. The lowest BCUT2D eigenvalue weighted by Crippen LogP contribution is -1.81. The zero-order valence-corrected chi connectivity index (χ0v) is 9.25. The molecule has 0 aliphatic carbocycles. The molecule has 0 saturated carbocycles. The molecule has 0 aliphatic heterocycles. The number of aryl methyl sites for hydroxylation is 1. The van der Waals surface area contributed by atoms with Crippen molar-refractivity contribution in [1.82, 2.24) is 0 Å². The number of hydrogen-bond acceptors (Lipinski definition) is 0. The van der Waals surface area contributed by atoms with E-state index in [1.807, 2.05) is 13.8 Å². The van der Waals surface area contributed by atoms with Crippen LogP contribution in [-0.2, 0) is 6.42 Å². The highest BCUT2D eigenvalue weighted by Crippen LogP contribution is 2.18. The minimum Gasteiger partial charge on any atom is -0.0776 e. The highest BCUT2D eigenvalue weighted by Gasteiger charge is 1.95. The molecule has 0 bridgehead atoms. The molecule has 0 saturated heterocycles. The number of hydrogen-bond donors (Lipinski definition) is 0. The van der Waals surface area contributed by atoms with Crippen LogP contribution in [0.3, 0.4) is 0 Å². The van der Waals surface area contributed by atoms with Crippen LogP contribution in [0.25, 0.3) is 10.8 Å². The topological polar surface area (TPSA) is 0 Å². The molecule has 15 heavy (non-hydrogen) atoms. The van der Waals surface area contributed by atoms with Crippen molar-refractivity contribution in [3.8, 4) is 0 Å². The van der Waals surface area contributed by atoms with Crippen molar-refractivity contribution >= 4 is 10.8 Å². The van der Waals surface area contributed by atoms with E-state index >= 15 is 0 Å². The van der Waals surface area contributed by atoms with E-state index in [1.54, 1.807) is 0 Å². The molecule has 2 rings (SSSR count). The van der Waals surface area contributed by atoms with E-state index in [4.69, 9.17) is 0 Å². The molecule has 0 nitrogen and oxygen atoms in total. The Kier molecular flexibility index (Phi) is 6.44. The van der Waals surface area contributed by atoms with Crippen molar-refractivity contribution in [2.45, 2.75) is 34.6 Å². The molecule has 0 aromatic heterocycles. The molecule has 0 heteroatoms. The second-order valence-corrected chi connectivity index (χ2v) is 2.99. The summed E-state index contributed by atoms with van der Waals surface area (Å²) in [6.45, 7) is 6.20. The maximum Gasteiger partial charge on any atom is -0.0152 e. The fraction of sp³-hybridized carbons (Fsp3) is 0.333. The molecule has 2 aromatic carbocycles. The summed E-state index contributed by atoms with van der Waals surface area (Å²) in [6, 6.07) is 15.0. The Balaban J connectivity index is 0.000000617. The Morgan fingerprint density at radius 1 is 0.867 bits per heavy atom. The van der Waals surface area contributed by atoms with E-state index in [2.05, 4.69) is 49.4 Å². The van der Waals surface area contributed by atoms with Crippen molar-refractivity contribution < 1.29 is 0 Å². The summed E-state index contributed by atoms with van der Waals surface area (Å²) < 4.78 is 0. The molecule has 0 N–H and O–H groups in total. The zero-order valence-electron chi connectivity index (χ0n) is 9.25. The predicted octanol–water partition coefficient (Wildman–Crippen LogP) is 5.06. The molecule has 82 valence electrons. The maximum absolute atomic E-state index is 2.20. The Hall–Kier alpha value is -1.30. The van der Waals surface area contributed by atoms with Gasteiger partial charge in [-0.1, -0.05) is 70.7 Å². The van der Waals surface area contributed by atoms with Gasteiger partial charge in [-0.3, -0.25) is 0 Å². The van der Waals surface area contributed by atoms with Crippen molar-refractivity contribution in [2.24, 2.45) is 0 Å². The highest BCUT2D eigenvalue weighted by atomic mass is 14.0. The molecule has 0 unspecified atom stereocenters. The normalized spacial score (nSPS) is 8.73. The first-order valence-electron chi connectivity index (χ1n) is 5.38. The Morgan fingerprint density at radius 2 is 1.47 bits per heavy atom. The third-order valence-electron chi connectivity index (χ3n) is 2.26. The summed E-state index contributed by atoms with van der Waals surface area (Å²) in [5.74, 6) is 0. The third-order valence-corrected chi connectivity index (χ3v) is 2.26. The minimum atomic E-state index is 0. The van der Waals surface area contributed by atoms with E-state index in [0.717, 1.165) is 6.42 Å². The van der Waals surface area contributed by atoms with Gasteiger partial charge in [0, 0.05) is 0 Å². The summed E-state index contributed by atoms with van der Waals surface area (Å²) in [7, 11) is 0. The van der Waals surface area contributed by atoms with Gasteiger partial charge in [-0.05, 0) is 22.8 Å². The first kappa shape index (κ1) is 13.7. The SMILES string of the molecule is C.CC.CCc1cccc2ccccc12. The molecule has 0 spiro atoms. The van der Waals surface area contributed by atoms with Gasteiger partial charge in [0.25, 0.3) is 0 Å². The fourth-order valence-corrected chi connectivity index (χ4v) is 1.60. The Labute approximate surface area is 93.9 Å². The van der Waals surface area contributed by atoms with Crippen LogP contribution in [0, 0.1) is 0 Å². The lowest BCUT2D eigenvalue weighted by atomic mass is 10.0. The van der Waals surface area contributed by atoms with Gasteiger partial charge in [0.15, 0.2) is 0 Å². The van der Waals surface area contributed by atoms with Crippen LogP contribution in [0.1, 0.15) is 33.8 Å². The van der Waals surface area contributed by atoms with Gasteiger partial charge in [0.2, 0.25) is 0 Å². The van der Waals surface area contributed by atoms with Gasteiger partial charge in [-0.2, -0.15) is 0 Å². The van der Waals surface area contributed by atoms with Crippen LogP contribution in [0.4, 0.5) is 0 Å². The molecule has 0 aliphatic rings. The zero-order chi connectivity index (χ0) is 10.4. The van der Waals surface area contributed by atoms with E-state index in [9.17, 15) is 0 Å². The van der Waals surface area contributed by atoms with Crippen molar-refractivity contribution in [3.63, 3.8) is 0 Å². The van der Waals surface area contributed by atoms with Gasteiger partial charge in [0.05, 0.1) is 0 Å². The molecule has 0 atom stereocenters. The summed E-state index contributed by atoms with van der Waals surface area (Å²) in [5.41, 5.74) is 1.44. The average molecular weight is 202 g/mol. The standard InChI is InChI=1S/C12H12.C2H6.CH4/c1-2-10-7-5-8-11-6-3-4-9-12(10)11;1-2;/h3-9H,2H2,1H3;1-2H3;1H4. The largest absolute Gasteiger partial charge is 0.0776 e. The quantitative estimate of drug-likeness (QED) is 0.606. The lowest BCUT2D eigenvalue weighted by molar-refractivity contribution is 1.16. The summed E-state index contributed by atoms with van der Waals surface area (Å²) in [6.07, 6.45) is 1.11. The van der Waals surface area contributed by atoms with Gasteiger partial charge in [-0.15, -0.1) is 0 Å². The second-order valence-electron chi connectivity index (χ2n) is 2.99. The van der Waals surface area contributed by atoms with Gasteiger partial charge in [0.1, 0.15) is 0 Å². The number of rotatable bonds is 1. The Morgan fingerprint density at radius 3 is 2.13 bits per heavy atom. The predicted molar refractivity (Wildman–Crippen MR) is 71.4 cm³/mol. The fourth-order valence-electron chi connectivity index (χ4n) is 1.60. The van der Waals surface area contributed by atoms with Crippen LogP contribution in [-0.4, -0.2) is 0 Å². The third kappa shape index (κ3) is 3.09. The summed E-state index contributed by atoms with van der Waals surface area (Å²) in [4.78, 5) is 0. The van der Waals surface area contributed by atoms with Crippen LogP contribution >= 0.6 is 0 Å². The summed E-state index contributed by atoms with van der Waals surface area (Å²) in [5, 5.41) is 2.74. The van der Waals surface area contributed by atoms with Crippen molar-refractivity contribution in [2.75, 3.05) is 0 Å². The first-order chi connectivity index (χ1) is 6.92. The van der Waals surface area contributed by atoms with E-state index in [1.165, 1.54) is 16.3 Å². The number of benzene rings is 2. The van der Waals surface area contributed by atoms with E-state index in [0.29, 0.717) is 0 Å². The van der Waals surface area contributed by atoms with Crippen molar-refractivity contribution in [1.29, 1.82) is 0 Å². The molecule has 0 fully saturated rings. The Bertz CT molecular complexity index is 383. The van der Waals surface area contributed by atoms with Crippen LogP contribution in [0.15, 0.2) is 42.5 Å². The monoisotopic (exact) mass is 202 g/mol. The molecule has 0 heterocycles. The van der Waals surface area contributed by atoms with Crippen LogP contribution in [0.5, 0.6) is 0 Å². The van der Waals surface area contributed by atoms with E-state index < -0.39 is 0 Å². The molecule has 0 radical (unpaired) electrons.